The van der Waals surface area contributed by atoms with Gasteiger partial charge in [0.15, 0.2) is 0 Å². The molecule has 0 unspecified atom stereocenters. The number of nitrogens with two attached hydrogens (primary N) is 2. The first-order valence-electron chi connectivity index (χ1n) is 12.2. The lowest BCUT2D eigenvalue weighted by molar-refractivity contribution is -0.0188. The fourth-order valence-corrected chi connectivity index (χ4v) is 5.34. The van der Waals surface area contributed by atoms with Gasteiger partial charge in [-0.15, -0.1) is 0 Å². The third-order valence-corrected chi connectivity index (χ3v) is 7.53. The first-order valence-corrected chi connectivity index (χ1v) is 12.6. The number of hydrogen-bond acceptors (Lipinski definition) is 7. The molecule has 2 atom stereocenters. The van der Waals surface area contributed by atoms with Gasteiger partial charge >= 0.3 is 0 Å². The molecule has 1 saturated heterocycles. The molecule has 1 aliphatic heterocycles. The van der Waals surface area contributed by atoms with Crippen LogP contribution in [0.25, 0.3) is 0 Å². The summed E-state index contributed by atoms with van der Waals surface area (Å²) in [6, 6.07) is 7.60. The Hall–Kier alpha value is -2.75. The standard InChI is InChI=1S/C26H34ClFN4O4/c1-34-24-13-20(29)19(27)12-18(24)26(33)31-22-9-10-32(14-25(22)35-2)16-4-6-17(7-5-16)36-23-8-3-15(28)11-21(23)30/h3,8,11-13,16-17,22,25H,4-7,9-10,14,29-30H2,1-2H3,(H,31,33)/t16?,17?,22-,25+/m0/s1. The van der Waals surface area contributed by atoms with Crippen LogP contribution in [0.15, 0.2) is 30.3 Å². The van der Waals surface area contributed by atoms with Gasteiger partial charge in [-0.25, -0.2) is 4.39 Å². The van der Waals surface area contributed by atoms with Crippen molar-refractivity contribution in [3.8, 4) is 11.5 Å². The van der Waals surface area contributed by atoms with E-state index in [0.717, 1.165) is 45.2 Å². The Morgan fingerprint density at radius 1 is 1.06 bits per heavy atom. The lowest BCUT2D eigenvalue weighted by Gasteiger charge is -2.44. The minimum Gasteiger partial charge on any atom is -0.496 e. The van der Waals surface area contributed by atoms with E-state index in [1.54, 1.807) is 19.2 Å². The van der Waals surface area contributed by atoms with Crippen LogP contribution in [0.2, 0.25) is 5.02 Å². The van der Waals surface area contributed by atoms with Crippen LogP contribution in [0.5, 0.6) is 11.5 Å². The number of likely N-dealkylation sites (tertiary alicyclic amines) is 1. The van der Waals surface area contributed by atoms with E-state index >= 15 is 0 Å². The molecule has 1 aliphatic carbocycles. The summed E-state index contributed by atoms with van der Waals surface area (Å²) in [6.45, 7) is 1.58. The van der Waals surface area contributed by atoms with Crippen LogP contribution >= 0.6 is 11.6 Å². The Labute approximate surface area is 216 Å². The number of carbonyl (C=O) groups excluding carboxylic acids is 1. The molecule has 2 fully saturated rings. The smallest absolute Gasteiger partial charge is 0.255 e. The van der Waals surface area contributed by atoms with Crippen LogP contribution in [0.3, 0.4) is 0 Å². The van der Waals surface area contributed by atoms with E-state index in [1.807, 2.05) is 0 Å². The topological polar surface area (TPSA) is 112 Å². The first-order chi connectivity index (χ1) is 17.3. The highest BCUT2D eigenvalue weighted by molar-refractivity contribution is 6.33. The molecule has 2 aliphatic rings. The van der Waals surface area contributed by atoms with Crippen LogP contribution in [-0.4, -0.2) is 62.4 Å². The molecule has 0 radical (unpaired) electrons. The molecule has 0 spiro atoms. The van der Waals surface area contributed by atoms with Crippen molar-refractivity contribution in [2.45, 2.75) is 56.4 Å². The molecule has 36 heavy (non-hydrogen) atoms. The number of rotatable bonds is 7. The van der Waals surface area contributed by atoms with Gasteiger partial charge in [-0.2, -0.15) is 0 Å². The number of nitrogens with zero attached hydrogens (tertiary/aromatic N) is 1. The fourth-order valence-electron chi connectivity index (χ4n) is 5.17. The SMILES string of the molecule is COc1cc(N)c(Cl)cc1C(=O)N[C@H]1CCN(C2CCC(Oc3ccc(F)cc3N)CC2)C[C@H]1OC. The molecular formula is C26H34ClFN4O4. The number of methoxy groups -OCH3 is 2. The summed E-state index contributed by atoms with van der Waals surface area (Å²) in [4.78, 5) is 15.5. The van der Waals surface area contributed by atoms with E-state index < -0.39 is 0 Å². The second kappa shape index (κ2) is 11.5. The van der Waals surface area contributed by atoms with Gasteiger partial charge in [0.1, 0.15) is 17.3 Å². The van der Waals surface area contributed by atoms with Crippen molar-refractivity contribution in [1.82, 2.24) is 10.2 Å². The first kappa shape index (κ1) is 26.3. The zero-order valence-electron chi connectivity index (χ0n) is 20.6. The van der Waals surface area contributed by atoms with Crippen LogP contribution in [-0.2, 0) is 4.74 Å². The number of nitrogen functional groups attached to an aromatic ring is 2. The summed E-state index contributed by atoms with van der Waals surface area (Å²) in [5, 5.41) is 3.40. The van der Waals surface area contributed by atoms with E-state index in [2.05, 4.69) is 10.2 Å². The van der Waals surface area contributed by atoms with Gasteiger partial charge in [0.25, 0.3) is 5.91 Å². The third-order valence-electron chi connectivity index (χ3n) is 7.20. The molecule has 1 saturated carbocycles. The van der Waals surface area contributed by atoms with Crippen molar-refractivity contribution < 1.29 is 23.4 Å². The predicted molar refractivity (Wildman–Crippen MR) is 138 cm³/mol. The number of benzene rings is 2. The van der Waals surface area contributed by atoms with Gasteiger partial charge < -0.3 is 31.0 Å². The average Bonchev–Trinajstić information content (AvgIpc) is 2.87. The van der Waals surface area contributed by atoms with Crippen LogP contribution in [0.4, 0.5) is 15.8 Å². The number of anilines is 2. The summed E-state index contributed by atoms with van der Waals surface area (Å²) in [5.74, 6) is 0.274. The van der Waals surface area contributed by atoms with Gasteiger partial charge in [0.05, 0.1) is 47.3 Å². The number of carbonyl (C=O) groups is 1. The van der Waals surface area contributed by atoms with E-state index in [0.29, 0.717) is 39.5 Å². The van der Waals surface area contributed by atoms with E-state index in [4.69, 9.17) is 37.3 Å². The molecule has 5 N–H and O–H groups in total. The summed E-state index contributed by atoms with van der Waals surface area (Å²) in [5.41, 5.74) is 12.8. The number of nitrogens with one attached hydrogen (secondary N) is 1. The zero-order chi connectivity index (χ0) is 25.8. The maximum absolute atomic E-state index is 13.3. The lowest BCUT2D eigenvalue weighted by atomic mass is 9.89. The highest BCUT2D eigenvalue weighted by Gasteiger charge is 2.36. The molecule has 0 bridgehead atoms. The largest absolute Gasteiger partial charge is 0.496 e. The average molecular weight is 521 g/mol. The Morgan fingerprint density at radius 2 is 1.81 bits per heavy atom. The van der Waals surface area contributed by atoms with E-state index in [1.165, 1.54) is 25.3 Å². The number of halogens is 2. The van der Waals surface area contributed by atoms with Crippen molar-refractivity contribution in [2.24, 2.45) is 0 Å². The normalized spacial score (nSPS) is 24.8. The predicted octanol–water partition coefficient (Wildman–Crippen LogP) is 3.86. The Morgan fingerprint density at radius 3 is 2.47 bits per heavy atom. The maximum atomic E-state index is 13.3. The second-order valence-electron chi connectivity index (χ2n) is 9.44. The second-order valence-corrected chi connectivity index (χ2v) is 9.85. The molecule has 10 heteroatoms. The molecule has 0 aromatic heterocycles. The van der Waals surface area contributed by atoms with Gasteiger partial charge in [-0.05, 0) is 50.3 Å². The van der Waals surface area contributed by atoms with Crippen molar-refractivity contribution >= 4 is 28.9 Å². The van der Waals surface area contributed by atoms with Gasteiger partial charge in [-0.1, -0.05) is 11.6 Å². The minimum absolute atomic E-state index is 0.0609. The Bertz CT molecular complexity index is 1080. The van der Waals surface area contributed by atoms with E-state index in [9.17, 15) is 9.18 Å². The van der Waals surface area contributed by atoms with Gasteiger partial charge in [0, 0.05) is 38.4 Å². The molecule has 4 rings (SSSR count). The number of hydrogen-bond donors (Lipinski definition) is 3. The third kappa shape index (κ3) is 5.96. The highest BCUT2D eigenvalue weighted by Crippen LogP contribution is 2.32. The van der Waals surface area contributed by atoms with Crippen molar-refractivity contribution in [2.75, 3.05) is 38.8 Å². The molecule has 196 valence electrons. The summed E-state index contributed by atoms with van der Waals surface area (Å²) in [7, 11) is 3.16. The number of piperidine rings is 1. The van der Waals surface area contributed by atoms with Crippen molar-refractivity contribution in [3.05, 3.63) is 46.7 Å². The summed E-state index contributed by atoms with van der Waals surface area (Å²) < 4.78 is 30.5. The van der Waals surface area contributed by atoms with Gasteiger partial charge in [0.2, 0.25) is 0 Å². The molecule has 2 aromatic rings. The highest BCUT2D eigenvalue weighted by atomic mass is 35.5. The molecular weight excluding hydrogens is 487 g/mol. The van der Waals surface area contributed by atoms with Crippen LogP contribution < -0.4 is 26.3 Å². The van der Waals surface area contributed by atoms with E-state index in [-0.39, 0.29) is 30.0 Å². The molecule has 2 aromatic carbocycles. The number of amides is 1. The van der Waals surface area contributed by atoms with Crippen molar-refractivity contribution in [3.63, 3.8) is 0 Å². The summed E-state index contributed by atoms with van der Waals surface area (Å²) >= 11 is 6.14. The Balaban J connectivity index is 1.31. The molecule has 1 amide bonds. The zero-order valence-corrected chi connectivity index (χ0v) is 21.4. The van der Waals surface area contributed by atoms with Gasteiger partial charge in [-0.3, -0.25) is 9.69 Å². The quantitative estimate of drug-likeness (QED) is 0.475. The minimum atomic E-state index is -0.368. The maximum Gasteiger partial charge on any atom is 0.255 e. The lowest BCUT2D eigenvalue weighted by Crippen LogP contribution is -2.57. The van der Waals surface area contributed by atoms with Crippen molar-refractivity contribution in [1.29, 1.82) is 0 Å². The number of ether oxygens (including phenoxy) is 3. The monoisotopic (exact) mass is 520 g/mol. The van der Waals surface area contributed by atoms with Crippen LogP contribution in [0.1, 0.15) is 42.5 Å². The van der Waals surface area contributed by atoms with Crippen LogP contribution in [0, 0.1) is 5.82 Å². The Kier molecular flexibility index (Phi) is 8.43. The fraction of sp³-hybridized carbons (Fsp3) is 0.500. The summed E-state index contributed by atoms with van der Waals surface area (Å²) in [6.07, 6.45) is 4.44. The molecule has 8 nitrogen and oxygen atoms in total. The molecule has 1 heterocycles.